The van der Waals surface area contributed by atoms with Crippen molar-refractivity contribution in [2.45, 2.75) is 6.18 Å². The molecule has 1 aromatic heterocycles. The van der Waals surface area contributed by atoms with Gasteiger partial charge in [0.2, 0.25) is 0 Å². The number of nitrogens with zero attached hydrogens (tertiary/aromatic N) is 1. The Hall–Kier alpha value is -1.56. The SMILES string of the molecule is Nc1cc(C(F)(F)F)nc2c(F)c(Cl)ccc12. The molecular weight excluding hydrogens is 260 g/mol. The lowest BCUT2D eigenvalue weighted by Gasteiger charge is -2.10. The molecular formula is C10H5ClF4N2. The molecule has 0 bridgehead atoms. The van der Waals surface area contributed by atoms with Crippen LogP contribution in [0.25, 0.3) is 10.9 Å². The Balaban J connectivity index is 2.84. The first kappa shape index (κ1) is 11.9. The predicted octanol–water partition coefficient (Wildman–Crippen LogP) is 3.63. The molecule has 0 spiro atoms. The van der Waals surface area contributed by atoms with Crippen LogP contribution in [0.2, 0.25) is 5.02 Å². The third-order valence-corrected chi connectivity index (χ3v) is 2.49. The number of benzene rings is 1. The molecule has 0 fully saturated rings. The van der Waals surface area contributed by atoms with Gasteiger partial charge in [-0.3, -0.25) is 0 Å². The van der Waals surface area contributed by atoms with E-state index in [1.165, 1.54) is 12.1 Å². The van der Waals surface area contributed by atoms with Gasteiger partial charge in [0.05, 0.1) is 5.02 Å². The van der Waals surface area contributed by atoms with E-state index in [1.54, 1.807) is 0 Å². The first-order valence-electron chi connectivity index (χ1n) is 4.42. The predicted molar refractivity (Wildman–Crippen MR) is 56.1 cm³/mol. The number of aromatic nitrogens is 1. The molecule has 0 aliphatic heterocycles. The number of nitrogen functional groups attached to an aromatic ring is 1. The number of halogens is 5. The van der Waals surface area contributed by atoms with Crippen molar-refractivity contribution in [3.05, 3.63) is 34.7 Å². The molecule has 1 heterocycles. The minimum Gasteiger partial charge on any atom is -0.398 e. The van der Waals surface area contributed by atoms with Gasteiger partial charge in [0, 0.05) is 11.1 Å². The number of rotatable bonds is 0. The number of nitrogens with two attached hydrogens (primary N) is 1. The fraction of sp³-hybridized carbons (Fsp3) is 0.100. The van der Waals surface area contributed by atoms with Gasteiger partial charge < -0.3 is 5.73 Å². The van der Waals surface area contributed by atoms with E-state index < -0.39 is 23.2 Å². The maximum absolute atomic E-state index is 13.5. The highest BCUT2D eigenvalue weighted by molar-refractivity contribution is 6.31. The summed E-state index contributed by atoms with van der Waals surface area (Å²) >= 11 is 5.47. The van der Waals surface area contributed by atoms with Crippen LogP contribution >= 0.6 is 11.6 Å². The number of fused-ring (bicyclic) bond motifs is 1. The molecule has 0 unspecified atom stereocenters. The summed E-state index contributed by atoms with van der Waals surface area (Å²) in [6.45, 7) is 0. The Morgan fingerprint density at radius 3 is 2.47 bits per heavy atom. The monoisotopic (exact) mass is 264 g/mol. The summed E-state index contributed by atoms with van der Waals surface area (Å²) in [5, 5.41) is -0.205. The zero-order valence-electron chi connectivity index (χ0n) is 8.15. The van der Waals surface area contributed by atoms with Crippen LogP contribution < -0.4 is 5.73 Å². The summed E-state index contributed by atoms with van der Waals surface area (Å²) in [6.07, 6.45) is -4.68. The van der Waals surface area contributed by atoms with Gasteiger partial charge in [-0.15, -0.1) is 0 Å². The molecule has 2 N–H and O–H groups in total. The average Bonchev–Trinajstić information content (AvgIpc) is 2.22. The minimum absolute atomic E-state index is 0.0971. The Morgan fingerprint density at radius 1 is 1.24 bits per heavy atom. The zero-order valence-corrected chi connectivity index (χ0v) is 8.90. The second-order valence-corrected chi connectivity index (χ2v) is 3.76. The number of alkyl halides is 3. The van der Waals surface area contributed by atoms with Crippen molar-refractivity contribution in [3.63, 3.8) is 0 Å². The molecule has 0 aliphatic rings. The summed E-state index contributed by atoms with van der Waals surface area (Å²) in [4.78, 5) is 3.20. The summed E-state index contributed by atoms with van der Waals surface area (Å²) < 4.78 is 50.9. The van der Waals surface area contributed by atoms with Crippen LogP contribution in [0, 0.1) is 5.82 Å². The maximum Gasteiger partial charge on any atom is 0.433 e. The largest absolute Gasteiger partial charge is 0.433 e. The number of anilines is 1. The van der Waals surface area contributed by atoms with Crippen LogP contribution in [0.5, 0.6) is 0 Å². The van der Waals surface area contributed by atoms with Crippen LogP contribution in [0.3, 0.4) is 0 Å². The molecule has 0 saturated carbocycles. The van der Waals surface area contributed by atoms with E-state index in [1.807, 2.05) is 0 Å². The van der Waals surface area contributed by atoms with Gasteiger partial charge >= 0.3 is 6.18 Å². The molecule has 90 valence electrons. The van der Waals surface area contributed by atoms with E-state index in [-0.39, 0.29) is 16.1 Å². The first-order valence-corrected chi connectivity index (χ1v) is 4.80. The van der Waals surface area contributed by atoms with Crippen LogP contribution in [-0.4, -0.2) is 4.98 Å². The quantitative estimate of drug-likeness (QED) is 0.738. The first-order chi connectivity index (χ1) is 7.80. The molecule has 0 aliphatic carbocycles. The van der Waals surface area contributed by atoms with E-state index in [2.05, 4.69) is 4.98 Å². The highest BCUT2D eigenvalue weighted by Gasteiger charge is 2.33. The normalized spacial score (nSPS) is 12.1. The smallest absolute Gasteiger partial charge is 0.398 e. The highest BCUT2D eigenvalue weighted by atomic mass is 35.5. The van der Waals surface area contributed by atoms with Crippen molar-refractivity contribution in [1.29, 1.82) is 0 Å². The molecule has 7 heteroatoms. The van der Waals surface area contributed by atoms with E-state index in [9.17, 15) is 17.6 Å². The van der Waals surface area contributed by atoms with Gasteiger partial charge in [0.25, 0.3) is 0 Å². The molecule has 1 aromatic carbocycles. The third-order valence-electron chi connectivity index (χ3n) is 2.19. The average molecular weight is 265 g/mol. The second kappa shape index (κ2) is 3.73. The fourth-order valence-electron chi connectivity index (χ4n) is 1.41. The topological polar surface area (TPSA) is 38.9 Å². The molecule has 0 amide bonds. The molecule has 2 aromatic rings. The summed E-state index contributed by atoms with van der Waals surface area (Å²) in [5.74, 6) is -1.01. The van der Waals surface area contributed by atoms with Crippen LogP contribution in [0.1, 0.15) is 5.69 Å². The lowest BCUT2D eigenvalue weighted by molar-refractivity contribution is -0.140. The maximum atomic E-state index is 13.5. The van der Waals surface area contributed by atoms with Crippen molar-refractivity contribution in [1.82, 2.24) is 4.98 Å². The van der Waals surface area contributed by atoms with Gasteiger partial charge in [0.1, 0.15) is 11.2 Å². The Kier molecular flexibility index (Phi) is 2.61. The lowest BCUT2D eigenvalue weighted by atomic mass is 10.1. The van der Waals surface area contributed by atoms with Crippen molar-refractivity contribution in [2.24, 2.45) is 0 Å². The Bertz CT molecular complexity index is 595. The Labute approximate surface area is 98.0 Å². The summed E-state index contributed by atoms with van der Waals surface area (Å²) in [7, 11) is 0. The summed E-state index contributed by atoms with van der Waals surface area (Å²) in [6, 6.07) is 3.20. The molecule has 0 radical (unpaired) electrons. The number of hydrogen-bond donors (Lipinski definition) is 1. The van der Waals surface area contributed by atoms with E-state index in [0.717, 1.165) is 0 Å². The second-order valence-electron chi connectivity index (χ2n) is 3.35. The Morgan fingerprint density at radius 2 is 1.88 bits per heavy atom. The molecule has 2 nitrogen and oxygen atoms in total. The van der Waals surface area contributed by atoms with E-state index in [0.29, 0.717) is 6.07 Å². The van der Waals surface area contributed by atoms with Gasteiger partial charge in [-0.1, -0.05) is 11.6 Å². The molecule has 0 atom stereocenters. The fourth-order valence-corrected chi connectivity index (χ4v) is 1.56. The lowest BCUT2D eigenvalue weighted by Crippen LogP contribution is -2.09. The number of pyridine rings is 1. The van der Waals surface area contributed by atoms with E-state index in [4.69, 9.17) is 17.3 Å². The van der Waals surface area contributed by atoms with Crippen LogP contribution in [0.15, 0.2) is 18.2 Å². The summed E-state index contributed by atoms with van der Waals surface area (Å²) in [5.41, 5.74) is 3.50. The van der Waals surface area contributed by atoms with E-state index >= 15 is 0 Å². The number of hydrogen-bond acceptors (Lipinski definition) is 2. The minimum atomic E-state index is -4.68. The van der Waals surface area contributed by atoms with Gasteiger partial charge in [-0.25, -0.2) is 9.37 Å². The van der Waals surface area contributed by atoms with Crippen LogP contribution in [0.4, 0.5) is 23.2 Å². The van der Waals surface area contributed by atoms with Gasteiger partial charge in [0.15, 0.2) is 5.82 Å². The standard InChI is InChI=1S/C10H5ClF4N2/c11-5-2-1-4-6(16)3-7(10(13,14)15)17-9(4)8(5)12/h1-3H,(H2,16,17). The molecule has 17 heavy (non-hydrogen) atoms. The zero-order chi connectivity index (χ0) is 12.8. The highest BCUT2D eigenvalue weighted by Crippen LogP contribution is 2.33. The van der Waals surface area contributed by atoms with Crippen molar-refractivity contribution >= 4 is 28.2 Å². The van der Waals surface area contributed by atoms with Gasteiger partial charge in [-0.2, -0.15) is 13.2 Å². The molecule has 0 saturated heterocycles. The van der Waals surface area contributed by atoms with Crippen molar-refractivity contribution in [2.75, 3.05) is 5.73 Å². The van der Waals surface area contributed by atoms with Crippen LogP contribution in [-0.2, 0) is 6.18 Å². The van der Waals surface area contributed by atoms with Crippen molar-refractivity contribution < 1.29 is 17.6 Å². The third kappa shape index (κ3) is 2.00. The molecule has 2 rings (SSSR count). The van der Waals surface area contributed by atoms with Crippen molar-refractivity contribution in [3.8, 4) is 0 Å². The van der Waals surface area contributed by atoms with Gasteiger partial charge in [-0.05, 0) is 18.2 Å².